The van der Waals surface area contributed by atoms with Crippen molar-refractivity contribution in [1.82, 2.24) is 19.8 Å². The minimum Gasteiger partial charge on any atom is -0.353 e. The molecule has 154 valence electrons. The summed E-state index contributed by atoms with van der Waals surface area (Å²) < 4.78 is 0. The molecular weight excluding hydrogens is 398 g/mol. The van der Waals surface area contributed by atoms with Crippen LogP contribution in [-0.2, 0) is 9.59 Å². The second kappa shape index (κ2) is 9.78. The van der Waals surface area contributed by atoms with Gasteiger partial charge in [-0.1, -0.05) is 30.3 Å². The van der Waals surface area contributed by atoms with Crippen LogP contribution < -0.4 is 4.90 Å². The zero-order valence-corrected chi connectivity index (χ0v) is 18.1. The van der Waals surface area contributed by atoms with Crippen LogP contribution in [0.4, 0.5) is 5.82 Å². The van der Waals surface area contributed by atoms with Gasteiger partial charge in [0.2, 0.25) is 11.8 Å². The van der Waals surface area contributed by atoms with Gasteiger partial charge < -0.3 is 14.7 Å². The minimum atomic E-state index is 0.120. The molecule has 28 heavy (non-hydrogen) atoms. The van der Waals surface area contributed by atoms with Crippen molar-refractivity contribution in [2.45, 2.75) is 50.7 Å². The summed E-state index contributed by atoms with van der Waals surface area (Å²) in [5.41, 5.74) is 0. The number of hydrogen-bond acceptors (Lipinski definition) is 6. The zero-order chi connectivity index (χ0) is 20.1. The molecule has 2 amide bonds. The summed E-state index contributed by atoms with van der Waals surface area (Å²) >= 11 is 7.55. The van der Waals surface area contributed by atoms with Gasteiger partial charge >= 0.3 is 0 Å². The molecule has 1 unspecified atom stereocenters. The lowest BCUT2D eigenvalue weighted by molar-refractivity contribution is -0.133. The Balaban J connectivity index is 1.61. The lowest BCUT2D eigenvalue weighted by atomic mass is 10.1. The number of anilines is 1. The second-order valence-corrected chi connectivity index (χ2v) is 8.67. The molecule has 0 saturated carbocycles. The summed E-state index contributed by atoms with van der Waals surface area (Å²) in [6.07, 6.45) is 3.62. The number of likely N-dealkylation sites (tertiary alicyclic amines) is 1. The quantitative estimate of drug-likeness (QED) is 0.396. The van der Waals surface area contributed by atoms with E-state index in [1.807, 2.05) is 16.7 Å². The number of amides is 2. The number of halogens is 1. The first kappa shape index (κ1) is 21.2. The van der Waals surface area contributed by atoms with Crippen LogP contribution in [0.5, 0.6) is 0 Å². The van der Waals surface area contributed by atoms with E-state index in [1.165, 1.54) is 11.8 Å². The van der Waals surface area contributed by atoms with E-state index in [9.17, 15) is 9.59 Å². The maximum atomic E-state index is 12.3. The molecule has 0 aliphatic carbocycles. The van der Waals surface area contributed by atoms with Gasteiger partial charge in [-0.05, 0) is 26.2 Å². The Morgan fingerprint density at radius 2 is 1.93 bits per heavy atom. The molecule has 0 radical (unpaired) electrons. The van der Waals surface area contributed by atoms with Crippen molar-refractivity contribution < 1.29 is 9.59 Å². The summed E-state index contributed by atoms with van der Waals surface area (Å²) in [7, 11) is 0. The third-order valence-electron chi connectivity index (χ3n) is 5.18. The monoisotopic (exact) mass is 425 g/mol. The fourth-order valence-corrected chi connectivity index (χ4v) is 4.67. The molecule has 3 heterocycles. The van der Waals surface area contributed by atoms with E-state index in [0.717, 1.165) is 38.2 Å². The minimum absolute atomic E-state index is 0.120. The summed E-state index contributed by atoms with van der Waals surface area (Å²) in [5, 5.41) is 0.894. The van der Waals surface area contributed by atoms with Crippen molar-refractivity contribution in [2.75, 3.05) is 43.4 Å². The van der Waals surface area contributed by atoms with Gasteiger partial charge in [0, 0.05) is 51.3 Å². The number of hydrogen-bond donors (Lipinski definition) is 0. The van der Waals surface area contributed by atoms with Gasteiger partial charge in [-0.15, -0.1) is 0 Å². The Kier molecular flexibility index (Phi) is 7.40. The lowest BCUT2D eigenvalue weighted by Crippen LogP contribution is -2.54. The number of piperazine rings is 1. The number of thioether (sulfide) groups is 1. The molecular formula is C19H28ClN5O2S. The Morgan fingerprint density at radius 3 is 2.61 bits per heavy atom. The topological polar surface area (TPSA) is 69.6 Å². The number of nitrogens with zero attached hydrogens (tertiary/aromatic N) is 5. The summed E-state index contributed by atoms with van der Waals surface area (Å²) in [5.74, 6) is 1.43. The van der Waals surface area contributed by atoms with Crippen molar-refractivity contribution in [3.63, 3.8) is 0 Å². The molecule has 0 spiro atoms. The molecule has 0 aromatic carbocycles. The average molecular weight is 426 g/mol. The maximum Gasteiger partial charge on any atom is 0.233 e. The normalized spacial score (nSPS) is 20.0. The van der Waals surface area contributed by atoms with Gasteiger partial charge in [0.1, 0.15) is 11.0 Å². The summed E-state index contributed by atoms with van der Waals surface area (Å²) in [6, 6.07) is 1.87. The molecule has 2 fully saturated rings. The first-order chi connectivity index (χ1) is 13.5. The number of rotatable bonds is 6. The summed E-state index contributed by atoms with van der Waals surface area (Å²) in [6.45, 7) is 7.88. The van der Waals surface area contributed by atoms with E-state index in [0.29, 0.717) is 42.1 Å². The molecule has 1 aromatic rings. The number of carbonyl (C=O) groups is 2. The first-order valence-electron chi connectivity index (χ1n) is 9.97. The van der Waals surface area contributed by atoms with Crippen molar-refractivity contribution in [3.8, 4) is 0 Å². The fourth-order valence-electron chi connectivity index (χ4n) is 3.69. The number of carbonyl (C=O) groups excluding carboxylic acids is 2. The Labute approximate surface area is 175 Å². The Hall–Kier alpha value is -1.54. The highest BCUT2D eigenvalue weighted by molar-refractivity contribution is 7.99. The highest BCUT2D eigenvalue weighted by Gasteiger charge is 2.28. The van der Waals surface area contributed by atoms with Crippen LogP contribution in [0.3, 0.4) is 0 Å². The highest BCUT2D eigenvalue weighted by atomic mass is 35.5. The van der Waals surface area contributed by atoms with Gasteiger partial charge in [-0.2, -0.15) is 0 Å². The van der Waals surface area contributed by atoms with Gasteiger partial charge in [0.25, 0.3) is 0 Å². The molecule has 1 aromatic heterocycles. The Morgan fingerprint density at radius 1 is 1.18 bits per heavy atom. The van der Waals surface area contributed by atoms with Crippen molar-refractivity contribution in [1.29, 1.82) is 0 Å². The van der Waals surface area contributed by atoms with Gasteiger partial charge in [-0.25, -0.2) is 9.97 Å². The predicted molar refractivity (Wildman–Crippen MR) is 112 cm³/mol. The van der Waals surface area contributed by atoms with E-state index < -0.39 is 0 Å². The number of aromatic nitrogens is 2. The van der Waals surface area contributed by atoms with Crippen LogP contribution in [-0.4, -0.2) is 76.1 Å². The smallest absolute Gasteiger partial charge is 0.233 e. The first-order valence-corrected chi connectivity index (χ1v) is 11.3. The van der Waals surface area contributed by atoms with E-state index in [1.54, 1.807) is 6.07 Å². The van der Waals surface area contributed by atoms with Crippen molar-refractivity contribution in [2.24, 2.45) is 0 Å². The third kappa shape index (κ3) is 5.29. The van der Waals surface area contributed by atoms with Gasteiger partial charge in [0.15, 0.2) is 5.16 Å². The largest absolute Gasteiger partial charge is 0.353 e. The molecule has 2 aliphatic heterocycles. The van der Waals surface area contributed by atoms with Crippen LogP contribution in [0.25, 0.3) is 0 Å². The van der Waals surface area contributed by atoms with Gasteiger partial charge in [0.05, 0.1) is 5.75 Å². The van der Waals surface area contributed by atoms with Crippen LogP contribution in [0, 0.1) is 0 Å². The average Bonchev–Trinajstić information content (AvgIpc) is 3.20. The summed E-state index contributed by atoms with van der Waals surface area (Å²) in [4.78, 5) is 39.4. The lowest BCUT2D eigenvalue weighted by Gasteiger charge is -2.40. The van der Waals surface area contributed by atoms with Crippen LogP contribution in [0.1, 0.15) is 39.5 Å². The van der Waals surface area contributed by atoms with E-state index in [-0.39, 0.29) is 17.9 Å². The maximum absolute atomic E-state index is 12.3. The molecule has 0 bridgehead atoms. The van der Waals surface area contributed by atoms with Crippen molar-refractivity contribution in [3.05, 3.63) is 11.2 Å². The molecule has 1 atom stereocenters. The predicted octanol–water partition coefficient (Wildman–Crippen LogP) is 2.68. The van der Waals surface area contributed by atoms with E-state index >= 15 is 0 Å². The molecule has 3 rings (SSSR count). The molecule has 0 N–H and O–H groups in total. The molecule has 2 aliphatic rings. The highest BCUT2D eigenvalue weighted by Crippen LogP contribution is 2.25. The van der Waals surface area contributed by atoms with Crippen LogP contribution in [0.2, 0.25) is 5.15 Å². The zero-order valence-electron chi connectivity index (χ0n) is 16.6. The molecule has 7 nitrogen and oxygen atoms in total. The van der Waals surface area contributed by atoms with Gasteiger partial charge in [-0.3, -0.25) is 9.59 Å². The standard InChI is InChI=1S/C19H28ClN5O2S/c1-3-6-17(26)25-10-9-24(12-14(25)2)16-11-15(20)21-19(22-16)28-13-18(27)23-7-4-5-8-23/h11,14H,3-10,12-13H2,1-2H3. The van der Waals surface area contributed by atoms with Crippen LogP contribution >= 0.6 is 23.4 Å². The molecule has 9 heteroatoms. The van der Waals surface area contributed by atoms with Crippen molar-refractivity contribution >= 4 is 41.0 Å². The SMILES string of the molecule is CCCC(=O)N1CCN(c2cc(Cl)nc(SCC(=O)N3CCCC3)n2)CC1C. The van der Waals surface area contributed by atoms with E-state index in [2.05, 4.69) is 21.8 Å². The van der Waals surface area contributed by atoms with E-state index in [4.69, 9.17) is 11.6 Å². The second-order valence-electron chi connectivity index (χ2n) is 7.34. The van der Waals surface area contributed by atoms with Crippen LogP contribution in [0.15, 0.2) is 11.2 Å². The Bertz CT molecular complexity index is 714. The fraction of sp³-hybridized carbons (Fsp3) is 0.684. The molecule has 2 saturated heterocycles. The third-order valence-corrected chi connectivity index (χ3v) is 6.21.